The van der Waals surface area contributed by atoms with E-state index in [-0.39, 0.29) is 0 Å². The lowest BCUT2D eigenvalue weighted by Gasteiger charge is -2.08. The summed E-state index contributed by atoms with van der Waals surface area (Å²) in [4.78, 5) is 0. The Bertz CT molecular complexity index is 747. The highest BCUT2D eigenvalue weighted by atomic mass is 19.4. The fraction of sp³-hybridized carbons (Fsp3) is 0.471. The predicted molar refractivity (Wildman–Crippen MR) is 92.1 cm³/mol. The zero-order valence-electron chi connectivity index (χ0n) is 14.9. The van der Waals surface area contributed by atoms with E-state index in [1.165, 1.54) is 30.0 Å². The van der Waals surface area contributed by atoms with Crippen LogP contribution in [0.3, 0.4) is 0 Å². The molecule has 8 heteroatoms. The number of unbranched alkanes of at least 4 members (excludes halogenated alkanes) is 2. The van der Waals surface area contributed by atoms with Gasteiger partial charge in [-0.15, -0.1) is 5.53 Å². The summed E-state index contributed by atoms with van der Waals surface area (Å²) in [6, 6.07) is 2.13. The van der Waals surface area contributed by atoms with Gasteiger partial charge in [-0.25, -0.2) is 4.52 Å². The molecule has 0 aliphatic carbocycles. The van der Waals surface area contributed by atoms with Crippen LogP contribution >= 0.6 is 0 Å². The number of nitrogens with zero attached hydrogens (tertiary/aromatic N) is 3. The predicted octanol–water partition coefficient (Wildman–Crippen LogP) is 4.11. The maximum Gasteiger partial charge on any atom is 0.416 e. The van der Waals surface area contributed by atoms with Crippen molar-refractivity contribution in [2.45, 2.75) is 46.2 Å². The van der Waals surface area contributed by atoms with E-state index in [2.05, 4.69) is 29.9 Å². The van der Waals surface area contributed by atoms with E-state index in [0.717, 1.165) is 12.1 Å². The van der Waals surface area contributed by atoms with Gasteiger partial charge in [-0.2, -0.15) is 18.3 Å². The Balaban J connectivity index is 0.000000399. The summed E-state index contributed by atoms with van der Waals surface area (Å²) in [6.45, 7) is 6.18. The average molecular weight is 355 g/mol. The number of hydrogen-bond donors (Lipinski definition) is 2. The third-order valence-corrected chi connectivity index (χ3v) is 3.80. The molecule has 0 atom stereocenters. The molecule has 138 valence electrons. The molecule has 0 radical (unpaired) electrons. The monoisotopic (exact) mass is 355 g/mol. The molecule has 0 fully saturated rings. The van der Waals surface area contributed by atoms with Crippen molar-refractivity contribution in [3.8, 4) is 0 Å². The summed E-state index contributed by atoms with van der Waals surface area (Å²) in [5, 5.41) is 5.90. The van der Waals surface area contributed by atoms with Gasteiger partial charge in [0.1, 0.15) is 0 Å². The Kier molecular flexibility index (Phi) is 5.94. The molecule has 5 nitrogen and oxygen atoms in total. The number of nitrogens with one attached hydrogen (secondary N) is 2. The lowest BCUT2D eigenvalue weighted by Crippen LogP contribution is -2.33. The Morgan fingerprint density at radius 2 is 1.88 bits per heavy atom. The summed E-state index contributed by atoms with van der Waals surface area (Å²) in [5.74, 6) is 0. The largest absolute Gasteiger partial charge is 0.416 e. The van der Waals surface area contributed by atoms with E-state index < -0.39 is 11.7 Å². The first kappa shape index (κ1) is 19.1. The molecule has 0 unspecified atom stereocenters. The smallest absolute Gasteiger partial charge is 0.302 e. The van der Waals surface area contributed by atoms with Crippen LogP contribution in [-0.4, -0.2) is 21.7 Å². The van der Waals surface area contributed by atoms with Gasteiger partial charge >= 0.3 is 6.18 Å². The molecular formula is C17H24F3N5. The topological polar surface area (TPSA) is 44.6 Å². The Morgan fingerprint density at radius 1 is 1.20 bits per heavy atom. The standard InChI is InChI=1S/C12H12F3N5.C5H12/c1-7-11(9-6-19(2)18-16-9)10-5-8(12(13,14)15)3-4-20(10)17-7;1-3-5-4-2/h3-6,16,18H,1-2H3;3-5H2,1-2H3. The van der Waals surface area contributed by atoms with E-state index in [0.29, 0.717) is 22.5 Å². The van der Waals surface area contributed by atoms with Gasteiger partial charge in [0.2, 0.25) is 0 Å². The molecule has 25 heavy (non-hydrogen) atoms. The van der Waals surface area contributed by atoms with Crippen molar-refractivity contribution >= 4 is 11.2 Å². The van der Waals surface area contributed by atoms with Crippen LogP contribution in [0.1, 0.15) is 49.9 Å². The maximum atomic E-state index is 12.8. The van der Waals surface area contributed by atoms with Crippen molar-refractivity contribution in [2.75, 3.05) is 7.05 Å². The molecule has 3 heterocycles. The van der Waals surface area contributed by atoms with Crippen molar-refractivity contribution in [3.05, 3.63) is 41.4 Å². The number of hydrogen-bond acceptors (Lipinski definition) is 4. The van der Waals surface area contributed by atoms with Gasteiger partial charge in [-0.3, -0.25) is 5.01 Å². The van der Waals surface area contributed by atoms with Crippen LogP contribution < -0.4 is 11.0 Å². The zero-order chi connectivity index (χ0) is 18.6. The Labute approximate surface area is 145 Å². The number of rotatable bonds is 3. The molecular weight excluding hydrogens is 331 g/mol. The first-order valence-corrected chi connectivity index (χ1v) is 8.30. The molecule has 1 aliphatic rings. The Hall–Kier alpha value is -2.22. The molecule has 1 aliphatic heterocycles. The summed E-state index contributed by atoms with van der Waals surface area (Å²) >= 11 is 0. The highest BCUT2D eigenvalue weighted by molar-refractivity contribution is 5.79. The molecule has 2 aromatic heterocycles. The lowest BCUT2D eigenvalue weighted by atomic mass is 10.1. The van der Waals surface area contributed by atoms with Crippen molar-refractivity contribution < 1.29 is 13.2 Å². The molecule has 2 aromatic rings. The van der Waals surface area contributed by atoms with Gasteiger partial charge in [0.15, 0.2) is 0 Å². The summed E-state index contributed by atoms with van der Waals surface area (Å²) < 4.78 is 39.9. The van der Waals surface area contributed by atoms with Crippen molar-refractivity contribution in [1.29, 1.82) is 0 Å². The molecule has 0 aromatic carbocycles. The minimum Gasteiger partial charge on any atom is -0.302 e. The van der Waals surface area contributed by atoms with Gasteiger partial charge < -0.3 is 5.43 Å². The van der Waals surface area contributed by atoms with Gasteiger partial charge in [0, 0.05) is 25.0 Å². The SMILES string of the molecule is CCCCC.Cc1nn2ccc(C(F)(F)F)cc2c1C1=CN(C)NN1. The first-order valence-electron chi connectivity index (χ1n) is 8.30. The molecule has 0 saturated carbocycles. The number of halogens is 3. The Morgan fingerprint density at radius 3 is 2.36 bits per heavy atom. The molecule has 0 bridgehead atoms. The maximum absolute atomic E-state index is 12.8. The van der Waals surface area contributed by atoms with Crippen LogP contribution in [0.15, 0.2) is 24.5 Å². The number of fused-ring (bicyclic) bond motifs is 1. The zero-order valence-corrected chi connectivity index (χ0v) is 14.9. The minimum absolute atomic E-state index is 0.410. The lowest BCUT2D eigenvalue weighted by molar-refractivity contribution is -0.137. The molecule has 0 saturated heterocycles. The second kappa shape index (κ2) is 7.77. The average Bonchev–Trinajstić information content (AvgIpc) is 3.09. The molecule has 2 N–H and O–H groups in total. The number of alkyl halides is 3. The second-order valence-corrected chi connectivity index (χ2v) is 5.95. The highest BCUT2D eigenvalue weighted by Gasteiger charge is 2.31. The summed E-state index contributed by atoms with van der Waals surface area (Å²) in [5.41, 5.74) is 7.43. The van der Waals surface area contributed by atoms with Crippen molar-refractivity contribution in [1.82, 2.24) is 25.6 Å². The molecule has 3 rings (SSSR count). The number of aryl methyl sites for hydroxylation is 1. The highest BCUT2D eigenvalue weighted by Crippen LogP contribution is 2.32. The molecule has 0 amide bonds. The fourth-order valence-electron chi connectivity index (χ4n) is 2.56. The molecule has 0 spiro atoms. The van der Waals surface area contributed by atoms with Gasteiger partial charge in [-0.1, -0.05) is 33.1 Å². The van der Waals surface area contributed by atoms with Crippen molar-refractivity contribution in [2.24, 2.45) is 0 Å². The van der Waals surface area contributed by atoms with Crippen molar-refractivity contribution in [3.63, 3.8) is 0 Å². The van der Waals surface area contributed by atoms with Crippen LogP contribution in [0.25, 0.3) is 11.2 Å². The van der Waals surface area contributed by atoms with E-state index in [1.54, 1.807) is 25.2 Å². The van der Waals surface area contributed by atoms with Gasteiger partial charge in [0.25, 0.3) is 0 Å². The number of pyridine rings is 1. The third-order valence-electron chi connectivity index (χ3n) is 3.80. The third kappa shape index (κ3) is 4.45. The van der Waals surface area contributed by atoms with Gasteiger partial charge in [-0.05, 0) is 19.1 Å². The van der Waals surface area contributed by atoms with Crippen LogP contribution in [0, 0.1) is 6.92 Å². The van der Waals surface area contributed by atoms with Crippen LogP contribution in [0.2, 0.25) is 0 Å². The second-order valence-electron chi connectivity index (χ2n) is 5.95. The summed E-state index contributed by atoms with van der Waals surface area (Å²) in [7, 11) is 1.78. The van der Waals surface area contributed by atoms with E-state index in [9.17, 15) is 13.2 Å². The number of hydrazine groups is 2. The van der Waals surface area contributed by atoms with Gasteiger partial charge in [0.05, 0.1) is 22.5 Å². The van der Waals surface area contributed by atoms with Crippen LogP contribution in [0.4, 0.5) is 13.2 Å². The minimum atomic E-state index is -4.37. The normalized spacial score (nSPS) is 14.2. The quantitative estimate of drug-likeness (QED) is 0.870. The van der Waals surface area contributed by atoms with E-state index >= 15 is 0 Å². The number of aromatic nitrogens is 2. The first-order chi connectivity index (χ1) is 11.8. The van der Waals surface area contributed by atoms with Crippen LogP contribution in [-0.2, 0) is 6.18 Å². The fourth-order valence-corrected chi connectivity index (χ4v) is 2.56. The summed E-state index contributed by atoms with van der Waals surface area (Å²) in [6.07, 6.45) is 2.78. The van der Waals surface area contributed by atoms with E-state index in [1.807, 2.05) is 0 Å². The van der Waals surface area contributed by atoms with E-state index in [4.69, 9.17) is 0 Å². The van der Waals surface area contributed by atoms with Crippen LogP contribution in [0.5, 0.6) is 0 Å².